The molecule has 0 saturated carbocycles. The molecule has 13 rings (SSSR count). The van der Waals surface area contributed by atoms with E-state index in [1.165, 1.54) is 48.6 Å². The van der Waals surface area contributed by atoms with Gasteiger partial charge in [0.05, 0.1) is 39.0 Å². The molecule has 0 N–H and O–H groups in total. The second-order valence-corrected chi connectivity index (χ2v) is 16.9. The summed E-state index contributed by atoms with van der Waals surface area (Å²) in [6.07, 6.45) is 0. The van der Waals surface area contributed by atoms with Gasteiger partial charge in [-0.2, -0.15) is 0 Å². The topological polar surface area (TPSA) is 38.7 Å². The molecule has 0 radical (unpaired) electrons. The zero-order valence-electron chi connectivity index (χ0n) is 32.3. The predicted octanol–water partition coefficient (Wildman–Crippen LogP) is 14.3. The van der Waals surface area contributed by atoms with Gasteiger partial charge >= 0.3 is 0 Å². The van der Waals surface area contributed by atoms with Crippen LogP contribution in [0.5, 0.6) is 0 Å². The Hall–Kier alpha value is -7.40. The Morgan fingerprint density at radius 3 is 1.60 bits per heavy atom. The minimum Gasteiger partial charge on any atom is -0.247 e. The molecular weight excluding hydrogens is 747 g/mol. The number of para-hydroxylation sites is 1. The first kappa shape index (κ1) is 33.6. The monoisotopic (exact) mass is 779 g/mol. The van der Waals surface area contributed by atoms with Crippen LogP contribution in [0.3, 0.4) is 0 Å². The lowest BCUT2D eigenvalue weighted by Crippen LogP contribution is -2.31. The molecule has 0 fully saturated rings. The van der Waals surface area contributed by atoms with Crippen LogP contribution in [0.2, 0.25) is 0 Å². The summed E-state index contributed by atoms with van der Waals surface area (Å²) in [6, 6.07) is 72.5. The highest BCUT2D eigenvalue weighted by Crippen LogP contribution is 2.62. The molecule has 0 saturated heterocycles. The molecule has 3 nitrogen and oxygen atoms in total. The van der Waals surface area contributed by atoms with Crippen LogP contribution >= 0.6 is 11.8 Å². The summed E-state index contributed by atoms with van der Waals surface area (Å²) >= 11 is 1.88. The maximum atomic E-state index is 5.45. The summed E-state index contributed by atoms with van der Waals surface area (Å²) in [5.74, 6) is 0. The molecule has 4 heteroatoms. The maximum absolute atomic E-state index is 5.45. The highest BCUT2D eigenvalue weighted by atomic mass is 32.2. The largest absolute Gasteiger partial charge is 0.247 e. The van der Waals surface area contributed by atoms with Gasteiger partial charge in [0.25, 0.3) is 0 Å². The number of pyridine rings is 3. The van der Waals surface area contributed by atoms with E-state index >= 15 is 0 Å². The second-order valence-electron chi connectivity index (χ2n) is 15.9. The molecule has 0 unspecified atom stereocenters. The SMILES string of the molecule is c1ccc(-c2ccc3ccc4ccc(-c5ccc(-c6nc7ccccc7c7cc8c(cc67)C6(c7ccccc7Sc7ccccc76)c6ccccc6-8)cc5)nc4c3n2)cc1. The molecule has 278 valence electrons. The fraction of sp³-hybridized carbons (Fsp3) is 0.0179. The number of benzene rings is 8. The highest BCUT2D eigenvalue weighted by molar-refractivity contribution is 7.99. The Kier molecular flexibility index (Phi) is 7.16. The van der Waals surface area contributed by atoms with Gasteiger partial charge < -0.3 is 0 Å². The summed E-state index contributed by atoms with van der Waals surface area (Å²) in [5.41, 5.74) is 16.3. The number of nitrogens with zero attached hydrogens (tertiary/aromatic N) is 3. The van der Waals surface area contributed by atoms with E-state index in [9.17, 15) is 0 Å². The van der Waals surface area contributed by atoms with Crippen LogP contribution in [0.25, 0.3) is 88.4 Å². The van der Waals surface area contributed by atoms with E-state index in [-0.39, 0.29) is 0 Å². The first-order valence-electron chi connectivity index (χ1n) is 20.4. The first-order chi connectivity index (χ1) is 29.7. The molecule has 1 aliphatic carbocycles. The molecule has 0 amide bonds. The van der Waals surface area contributed by atoms with Crippen molar-refractivity contribution in [1.29, 1.82) is 0 Å². The van der Waals surface area contributed by atoms with E-state index in [1.54, 1.807) is 0 Å². The van der Waals surface area contributed by atoms with E-state index in [4.69, 9.17) is 15.0 Å². The third-order valence-electron chi connectivity index (χ3n) is 12.7. The van der Waals surface area contributed by atoms with E-state index in [0.29, 0.717) is 0 Å². The minimum absolute atomic E-state index is 0.464. The van der Waals surface area contributed by atoms with Crippen molar-refractivity contribution >= 4 is 55.2 Å². The minimum atomic E-state index is -0.464. The van der Waals surface area contributed by atoms with E-state index in [0.717, 1.165) is 71.9 Å². The third-order valence-corrected chi connectivity index (χ3v) is 13.9. The van der Waals surface area contributed by atoms with Gasteiger partial charge in [-0.05, 0) is 81.2 Å². The Labute approximate surface area is 351 Å². The lowest BCUT2D eigenvalue weighted by atomic mass is 9.67. The van der Waals surface area contributed by atoms with Gasteiger partial charge in [-0.1, -0.05) is 169 Å². The van der Waals surface area contributed by atoms with E-state index < -0.39 is 5.41 Å². The Balaban J connectivity index is 1.00. The quantitative estimate of drug-likeness (QED) is 0.167. The second kappa shape index (κ2) is 12.8. The van der Waals surface area contributed by atoms with Crippen molar-refractivity contribution in [3.05, 3.63) is 222 Å². The number of hydrogen-bond donors (Lipinski definition) is 0. The molecule has 0 atom stereocenters. The van der Waals surface area contributed by atoms with Crippen molar-refractivity contribution in [2.75, 3.05) is 0 Å². The molecule has 1 aliphatic heterocycles. The molecule has 60 heavy (non-hydrogen) atoms. The average Bonchev–Trinajstić information content (AvgIpc) is 3.60. The summed E-state index contributed by atoms with van der Waals surface area (Å²) in [7, 11) is 0. The van der Waals surface area contributed by atoms with Gasteiger partial charge in [0.15, 0.2) is 0 Å². The summed E-state index contributed by atoms with van der Waals surface area (Å²) < 4.78 is 0. The summed E-state index contributed by atoms with van der Waals surface area (Å²) in [6.45, 7) is 0. The molecule has 11 aromatic rings. The number of rotatable bonds is 3. The van der Waals surface area contributed by atoms with Gasteiger partial charge in [-0.25, -0.2) is 15.0 Å². The van der Waals surface area contributed by atoms with Crippen molar-refractivity contribution in [2.45, 2.75) is 15.2 Å². The van der Waals surface area contributed by atoms with Crippen LogP contribution in [-0.4, -0.2) is 15.0 Å². The van der Waals surface area contributed by atoms with Crippen molar-refractivity contribution in [1.82, 2.24) is 15.0 Å². The number of fused-ring (bicyclic) bond motifs is 15. The molecule has 3 aromatic heterocycles. The molecule has 2 aliphatic rings. The zero-order chi connectivity index (χ0) is 39.4. The van der Waals surface area contributed by atoms with Gasteiger partial charge in [-0.3, -0.25) is 0 Å². The standard InChI is InChI=1S/C56H33N3S/c1-2-12-34(13-3-1)48-30-28-37-26-27-38-29-31-49(58-55(38)54(37)57-48)35-22-24-36(25-23-35)53-43-33-47-42(32-41(43)40-15-5-9-19-50(40)59-53)39-14-4-6-16-44(39)56(47)45-17-7-10-20-51(45)60-52-21-11-8-18-46(52)56/h1-33H. The average molecular weight is 780 g/mol. The third kappa shape index (κ3) is 4.77. The van der Waals surface area contributed by atoms with E-state index in [2.05, 4.69) is 194 Å². The van der Waals surface area contributed by atoms with Crippen molar-refractivity contribution < 1.29 is 0 Å². The van der Waals surface area contributed by atoms with Crippen LogP contribution in [0, 0.1) is 0 Å². The highest BCUT2D eigenvalue weighted by Gasteiger charge is 2.50. The van der Waals surface area contributed by atoms with Crippen LogP contribution < -0.4 is 0 Å². The summed E-state index contributed by atoms with van der Waals surface area (Å²) in [5, 5.41) is 5.66. The Morgan fingerprint density at radius 2 is 0.900 bits per heavy atom. The Morgan fingerprint density at radius 1 is 0.350 bits per heavy atom. The fourth-order valence-electron chi connectivity index (χ4n) is 10.0. The van der Waals surface area contributed by atoms with Gasteiger partial charge in [-0.15, -0.1) is 0 Å². The van der Waals surface area contributed by atoms with Gasteiger partial charge in [0, 0.05) is 48.0 Å². The Bertz CT molecular complexity index is 3530. The van der Waals surface area contributed by atoms with E-state index in [1.807, 2.05) is 17.8 Å². The number of aromatic nitrogens is 3. The number of hydrogen-bond acceptors (Lipinski definition) is 4. The van der Waals surface area contributed by atoms with Crippen LogP contribution in [-0.2, 0) is 5.41 Å². The molecule has 8 aromatic carbocycles. The lowest BCUT2D eigenvalue weighted by Gasteiger charge is -2.39. The normalized spacial score (nSPS) is 13.4. The maximum Gasteiger partial charge on any atom is 0.0972 e. The first-order valence-corrected chi connectivity index (χ1v) is 21.2. The molecular formula is C56H33N3S. The smallest absolute Gasteiger partial charge is 0.0972 e. The molecule has 0 bridgehead atoms. The predicted molar refractivity (Wildman–Crippen MR) is 248 cm³/mol. The lowest BCUT2D eigenvalue weighted by molar-refractivity contribution is 0.723. The summed E-state index contributed by atoms with van der Waals surface area (Å²) in [4.78, 5) is 18.5. The van der Waals surface area contributed by atoms with Crippen LogP contribution in [0.1, 0.15) is 22.3 Å². The van der Waals surface area contributed by atoms with Crippen molar-refractivity contribution in [3.8, 4) is 44.9 Å². The molecule has 1 spiro atoms. The van der Waals surface area contributed by atoms with Gasteiger partial charge in [0.2, 0.25) is 0 Å². The molecule has 4 heterocycles. The van der Waals surface area contributed by atoms with Crippen LogP contribution in [0.4, 0.5) is 0 Å². The van der Waals surface area contributed by atoms with Crippen molar-refractivity contribution in [2.24, 2.45) is 0 Å². The van der Waals surface area contributed by atoms with Crippen LogP contribution in [0.15, 0.2) is 210 Å². The van der Waals surface area contributed by atoms with Crippen molar-refractivity contribution in [3.63, 3.8) is 0 Å². The van der Waals surface area contributed by atoms with Gasteiger partial charge in [0.1, 0.15) is 0 Å². The fourth-order valence-corrected chi connectivity index (χ4v) is 11.2. The zero-order valence-corrected chi connectivity index (χ0v) is 33.1.